The molecule has 8 nitrogen and oxygen atoms in total. The van der Waals surface area contributed by atoms with Crippen molar-refractivity contribution in [1.29, 1.82) is 0 Å². The molecular weight excluding hydrogens is 416 g/mol. The van der Waals surface area contributed by atoms with E-state index in [0.29, 0.717) is 34.4 Å². The smallest absolute Gasteiger partial charge is 0.324 e. The molecule has 0 aliphatic carbocycles. The topological polar surface area (TPSA) is 73.7 Å². The van der Waals surface area contributed by atoms with Crippen molar-refractivity contribution in [3.05, 3.63) is 35.7 Å². The van der Waals surface area contributed by atoms with Crippen LogP contribution >= 0.6 is 0 Å². The highest BCUT2D eigenvalue weighted by molar-refractivity contribution is 6.17. The molecule has 0 bridgehead atoms. The van der Waals surface area contributed by atoms with Crippen molar-refractivity contribution in [2.75, 3.05) is 42.9 Å². The van der Waals surface area contributed by atoms with E-state index in [-0.39, 0.29) is 11.9 Å². The molecule has 4 rings (SSSR count). The average Bonchev–Trinajstić information content (AvgIpc) is 3.03. The number of hydrogen-bond acceptors (Lipinski definition) is 4. The predicted octanol–water partition coefficient (Wildman–Crippen LogP) is 4.39. The third-order valence-corrected chi connectivity index (χ3v) is 6.98. The number of hydrogen-bond donors (Lipinski definition) is 1. The number of carbonyl (C=O) groups excluding carboxylic acids is 2. The van der Waals surface area contributed by atoms with Gasteiger partial charge in [0.1, 0.15) is 5.69 Å². The fourth-order valence-corrected chi connectivity index (χ4v) is 5.20. The van der Waals surface area contributed by atoms with Crippen molar-refractivity contribution in [2.24, 2.45) is 13.0 Å². The number of aryl methyl sites for hydroxylation is 2. The lowest BCUT2D eigenvalue weighted by Crippen LogP contribution is -2.46. The molecule has 1 N–H and O–H groups in total. The van der Waals surface area contributed by atoms with Gasteiger partial charge in [-0.25, -0.2) is 4.79 Å². The monoisotopic (exact) mass is 452 g/mol. The molecule has 0 saturated carbocycles. The summed E-state index contributed by atoms with van der Waals surface area (Å²) in [6.45, 7) is 11.0. The number of fused-ring (bicyclic) bond motifs is 2. The van der Waals surface area contributed by atoms with Gasteiger partial charge in [0.25, 0.3) is 5.91 Å². The molecular formula is C25H36N6O2. The minimum Gasteiger partial charge on any atom is -0.324 e. The molecule has 2 aliphatic rings. The molecule has 1 saturated heterocycles. The van der Waals surface area contributed by atoms with Gasteiger partial charge in [-0.15, -0.1) is 0 Å². The molecule has 1 aromatic carbocycles. The molecule has 0 spiro atoms. The SMILES string of the molecule is CCN(CC)CCCC1CCCN(C(=O)N2c3ccccc3NC(=O)c3c2c(C)nn3C)C1. The lowest BCUT2D eigenvalue weighted by molar-refractivity contribution is 0.101. The standard InChI is InChI=1S/C25H36N6O2/c1-5-29(6-2)15-9-11-19-12-10-16-30(17-19)25(33)31-21-14-8-7-13-20(21)26-24(32)23-22(31)18(3)27-28(23)4/h7-8,13-14,19H,5-6,9-12,15-17H2,1-4H3,(H,26,32). The molecule has 2 aliphatic heterocycles. The molecule has 178 valence electrons. The third-order valence-electron chi connectivity index (χ3n) is 6.98. The highest BCUT2D eigenvalue weighted by atomic mass is 16.2. The van der Waals surface area contributed by atoms with E-state index in [4.69, 9.17) is 0 Å². The van der Waals surface area contributed by atoms with Crippen LogP contribution in [0.1, 0.15) is 55.7 Å². The molecule has 1 unspecified atom stereocenters. The zero-order valence-electron chi connectivity index (χ0n) is 20.3. The zero-order chi connectivity index (χ0) is 23.5. The Bertz CT molecular complexity index is 1010. The maximum atomic E-state index is 14.0. The normalized spacial score (nSPS) is 18.1. The second kappa shape index (κ2) is 9.95. The third kappa shape index (κ3) is 4.62. The number of rotatable bonds is 6. The van der Waals surface area contributed by atoms with E-state index in [1.165, 1.54) is 0 Å². The summed E-state index contributed by atoms with van der Waals surface area (Å²) in [5.41, 5.74) is 2.98. The number of aromatic nitrogens is 2. The Morgan fingerprint density at radius 3 is 2.76 bits per heavy atom. The van der Waals surface area contributed by atoms with Gasteiger partial charge in [-0.2, -0.15) is 5.10 Å². The summed E-state index contributed by atoms with van der Waals surface area (Å²) in [5.74, 6) is 0.262. The van der Waals surface area contributed by atoms with E-state index in [1.54, 1.807) is 16.6 Å². The van der Waals surface area contributed by atoms with E-state index < -0.39 is 0 Å². The molecule has 1 fully saturated rings. The van der Waals surface area contributed by atoms with Crippen LogP contribution < -0.4 is 10.2 Å². The lowest BCUT2D eigenvalue weighted by Gasteiger charge is -2.36. The van der Waals surface area contributed by atoms with E-state index in [0.717, 1.165) is 58.4 Å². The molecule has 3 heterocycles. The number of nitrogens with zero attached hydrogens (tertiary/aromatic N) is 5. The Morgan fingerprint density at radius 2 is 2.00 bits per heavy atom. The Kier molecular flexibility index (Phi) is 7.02. The number of amides is 3. The first-order valence-electron chi connectivity index (χ1n) is 12.2. The Labute approximate surface area is 196 Å². The minimum atomic E-state index is -0.247. The van der Waals surface area contributed by atoms with Gasteiger partial charge in [0, 0.05) is 20.1 Å². The largest absolute Gasteiger partial charge is 0.329 e. The first kappa shape index (κ1) is 23.3. The number of benzene rings is 1. The van der Waals surface area contributed by atoms with Gasteiger partial charge in [-0.05, 0) is 70.3 Å². The Balaban J connectivity index is 1.59. The summed E-state index contributed by atoms with van der Waals surface area (Å²) >= 11 is 0. The van der Waals surface area contributed by atoms with E-state index >= 15 is 0 Å². The van der Waals surface area contributed by atoms with Crippen LogP contribution in [0, 0.1) is 12.8 Å². The number of nitrogens with one attached hydrogen (secondary N) is 1. The lowest BCUT2D eigenvalue weighted by atomic mass is 9.93. The van der Waals surface area contributed by atoms with Crippen LogP contribution in [0.2, 0.25) is 0 Å². The van der Waals surface area contributed by atoms with Crippen LogP contribution in [0.5, 0.6) is 0 Å². The summed E-state index contributed by atoms with van der Waals surface area (Å²) in [6.07, 6.45) is 4.46. The van der Waals surface area contributed by atoms with Crippen LogP contribution in [-0.2, 0) is 7.05 Å². The first-order chi connectivity index (χ1) is 15.9. The van der Waals surface area contributed by atoms with Crippen LogP contribution in [0.4, 0.5) is 21.9 Å². The number of piperidine rings is 1. The number of carbonyl (C=O) groups is 2. The number of anilines is 3. The second-order valence-electron chi connectivity index (χ2n) is 9.12. The Morgan fingerprint density at radius 1 is 1.24 bits per heavy atom. The maximum absolute atomic E-state index is 14.0. The van der Waals surface area contributed by atoms with Crippen molar-refractivity contribution in [3.63, 3.8) is 0 Å². The molecule has 3 amide bonds. The molecule has 2 aromatic rings. The summed E-state index contributed by atoms with van der Waals surface area (Å²) < 4.78 is 1.57. The van der Waals surface area contributed by atoms with Crippen LogP contribution in [-0.4, -0.2) is 64.2 Å². The van der Waals surface area contributed by atoms with Gasteiger partial charge in [0.2, 0.25) is 0 Å². The summed E-state index contributed by atoms with van der Waals surface area (Å²) in [5, 5.41) is 7.42. The van der Waals surface area contributed by atoms with Crippen LogP contribution in [0.25, 0.3) is 0 Å². The zero-order valence-corrected chi connectivity index (χ0v) is 20.3. The second-order valence-corrected chi connectivity index (χ2v) is 9.12. The summed E-state index contributed by atoms with van der Waals surface area (Å²) in [7, 11) is 1.75. The number of likely N-dealkylation sites (tertiary alicyclic amines) is 1. The van der Waals surface area contributed by atoms with Crippen molar-refractivity contribution in [2.45, 2.75) is 46.5 Å². The van der Waals surface area contributed by atoms with Gasteiger partial charge < -0.3 is 15.1 Å². The van der Waals surface area contributed by atoms with Gasteiger partial charge in [0.05, 0.1) is 17.1 Å². The highest BCUT2D eigenvalue weighted by Gasteiger charge is 2.37. The highest BCUT2D eigenvalue weighted by Crippen LogP contribution is 2.40. The molecule has 8 heteroatoms. The van der Waals surface area contributed by atoms with Crippen molar-refractivity contribution >= 4 is 29.0 Å². The van der Waals surface area contributed by atoms with E-state index in [1.807, 2.05) is 36.1 Å². The number of para-hydroxylation sites is 2. The van der Waals surface area contributed by atoms with Gasteiger partial charge in [0.15, 0.2) is 5.69 Å². The van der Waals surface area contributed by atoms with E-state index in [2.05, 4.69) is 29.2 Å². The van der Waals surface area contributed by atoms with Crippen LogP contribution in [0.15, 0.2) is 24.3 Å². The van der Waals surface area contributed by atoms with E-state index in [9.17, 15) is 9.59 Å². The molecule has 1 atom stereocenters. The minimum absolute atomic E-state index is 0.0789. The van der Waals surface area contributed by atoms with Crippen LogP contribution in [0.3, 0.4) is 0 Å². The fraction of sp³-hybridized carbons (Fsp3) is 0.560. The quantitative estimate of drug-likeness (QED) is 0.706. The predicted molar refractivity (Wildman–Crippen MR) is 131 cm³/mol. The molecule has 33 heavy (non-hydrogen) atoms. The average molecular weight is 453 g/mol. The fourth-order valence-electron chi connectivity index (χ4n) is 5.20. The van der Waals surface area contributed by atoms with Crippen molar-refractivity contribution < 1.29 is 9.59 Å². The van der Waals surface area contributed by atoms with Crippen molar-refractivity contribution in [1.82, 2.24) is 19.6 Å². The molecule has 0 radical (unpaired) electrons. The van der Waals surface area contributed by atoms with Gasteiger partial charge in [-0.3, -0.25) is 14.4 Å². The number of urea groups is 1. The van der Waals surface area contributed by atoms with Crippen molar-refractivity contribution in [3.8, 4) is 0 Å². The summed E-state index contributed by atoms with van der Waals surface area (Å²) in [6, 6.07) is 7.42. The summed E-state index contributed by atoms with van der Waals surface area (Å²) in [4.78, 5) is 33.1. The van der Waals surface area contributed by atoms with Gasteiger partial charge in [-0.1, -0.05) is 26.0 Å². The molecule has 1 aromatic heterocycles. The first-order valence-corrected chi connectivity index (χ1v) is 12.2. The maximum Gasteiger partial charge on any atom is 0.329 e. The van der Waals surface area contributed by atoms with Gasteiger partial charge >= 0.3 is 6.03 Å². The Hall–Kier alpha value is -2.87.